The summed E-state index contributed by atoms with van der Waals surface area (Å²) in [5, 5.41) is 3.39. The maximum atomic E-state index is 5.26. The van der Waals surface area contributed by atoms with Crippen molar-refractivity contribution in [3.05, 3.63) is 53.7 Å². The third kappa shape index (κ3) is 3.85. The van der Waals surface area contributed by atoms with Gasteiger partial charge in [0.05, 0.1) is 19.5 Å². The van der Waals surface area contributed by atoms with Crippen molar-refractivity contribution in [1.82, 2.24) is 9.97 Å². The molecule has 0 unspecified atom stereocenters. The Morgan fingerprint density at radius 1 is 1.12 bits per heavy atom. The van der Waals surface area contributed by atoms with E-state index in [1.807, 2.05) is 18.0 Å². The molecule has 0 saturated heterocycles. The fraction of sp³-hybridized carbons (Fsp3) is 0.350. The molecule has 1 aliphatic heterocycles. The Morgan fingerprint density at radius 3 is 2.50 bits per heavy atom. The lowest BCUT2D eigenvalue weighted by molar-refractivity contribution is 0.314. The van der Waals surface area contributed by atoms with Gasteiger partial charge >= 0.3 is 0 Å². The van der Waals surface area contributed by atoms with Crippen molar-refractivity contribution in [2.24, 2.45) is 4.99 Å². The van der Waals surface area contributed by atoms with E-state index in [2.05, 4.69) is 65.3 Å². The molecule has 0 amide bonds. The monoisotopic (exact) mass is 351 g/mol. The maximum Gasteiger partial charge on any atom is 0.152 e. The van der Waals surface area contributed by atoms with Gasteiger partial charge in [0.25, 0.3) is 0 Å². The number of benzene rings is 1. The number of aliphatic imine (C=N–C) groups is 1. The summed E-state index contributed by atoms with van der Waals surface area (Å²) in [6.07, 6.45) is 5.17. The Bertz CT molecular complexity index is 834. The van der Waals surface area contributed by atoms with Gasteiger partial charge in [-0.1, -0.05) is 32.9 Å². The number of anilines is 3. The number of aromatic nitrogens is 2. The zero-order valence-electron chi connectivity index (χ0n) is 15.9. The van der Waals surface area contributed by atoms with Gasteiger partial charge in [0, 0.05) is 11.3 Å². The van der Waals surface area contributed by atoms with Crippen LogP contribution in [0.4, 0.5) is 17.3 Å². The number of rotatable bonds is 4. The molecule has 6 nitrogen and oxygen atoms in total. The van der Waals surface area contributed by atoms with Crippen LogP contribution in [0.25, 0.3) is 0 Å². The van der Waals surface area contributed by atoms with E-state index < -0.39 is 0 Å². The van der Waals surface area contributed by atoms with Gasteiger partial charge in [0.1, 0.15) is 24.6 Å². The van der Waals surface area contributed by atoms with Crippen molar-refractivity contribution in [1.29, 1.82) is 0 Å². The normalized spacial score (nSPS) is 14.2. The van der Waals surface area contributed by atoms with Gasteiger partial charge in [-0.2, -0.15) is 0 Å². The molecule has 0 aliphatic carbocycles. The molecule has 0 atom stereocenters. The second-order valence-corrected chi connectivity index (χ2v) is 7.28. The molecule has 1 N–H and O–H groups in total. The Balaban J connectivity index is 1.84. The van der Waals surface area contributed by atoms with Crippen molar-refractivity contribution >= 4 is 23.5 Å². The molecule has 6 heteroatoms. The summed E-state index contributed by atoms with van der Waals surface area (Å²) in [6, 6.07) is 8.45. The lowest BCUT2D eigenvalue weighted by Gasteiger charge is -2.23. The van der Waals surface area contributed by atoms with Crippen LogP contribution in [0.1, 0.15) is 31.9 Å². The predicted molar refractivity (Wildman–Crippen MR) is 106 cm³/mol. The summed E-state index contributed by atoms with van der Waals surface area (Å²) in [6.45, 7) is 9.13. The third-order valence-corrected chi connectivity index (χ3v) is 4.31. The number of nitrogens with zero attached hydrogens (tertiary/aromatic N) is 4. The number of nitrogens with one attached hydrogen (secondary N) is 1. The minimum absolute atomic E-state index is 0.136. The summed E-state index contributed by atoms with van der Waals surface area (Å²) in [5.74, 6) is 2.28. The van der Waals surface area contributed by atoms with Crippen molar-refractivity contribution in [3.63, 3.8) is 0 Å². The lowest BCUT2D eigenvalue weighted by Crippen LogP contribution is -2.23. The molecular weight excluding hydrogens is 326 g/mol. The first-order valence-corrected chi connectivity index (χ1v) is 8.60. The Kier molecular flexibility index (Phi) is 4.93. The molecule has 0 fully saturated rings. The first-order chi connectivity index (χ1) is 12.4. The van der Waals surface area contributed by atoms with Crippen LogP contribution < -0.4 is 10.2 Å². The quantitative estimate of drug-likeness (QED) is 0.896. The van der Waals surface area contributed by atoms with Crippen molar-refractivity contribution in [2.75, 3.05) is 24.0 Å². The van der Waals surface area contributed by atoms with Gasteiger partial charge in [-0.05, 0) is 30.0 Å². The summed E-state index contributed by atoms with van der Waals surface area (Å²) < 4.78 is 5.26. The molecule has 26 heavy (non-hydrogen) atoms. The number of ether oxygens (including phenoxy) is 1. The van der Waals surface area contributed by atoms with Crippen LogP contribution in [0.15, 0.2) is 47.5 Å². The zero-order valence-corrected chi connectivity index (χ0v) is 15.9. The minimum Gasteiger partial charge on any atom is -0.494 e. The van der Waals surface area contributed by atoms with Crippen LogP contribution in [-0.2, 0) is 10.2 Å². The molecule has 2 heterocycles. The summed E-state index contributed by atoms with van der Waals surface area (Å²) in [4.78, 5) is 15.1. The zero-order chi connectivity index (χ0) is 18.7. The van der Waals surface area contributed by atoms with E-state index in [1.54, 1.807) is 19.7 Å². The largest absolute Gasteiger partial charge is 0.494 e. The van der Waals surface area contributed by atoms with E-state index in [-0.39, 0.29) is 5.41 Å². The fourth-order valence-electron chi connectivity index (χ4n) is 2.73. The highest BCUT2D eigenvalue weighted by atomic mass is 16.5. The molecule has 3 rings (SSSR count). The maximum absolute atomic E-state index is 5.26. The van der Waals surface area contributed by atoms with Gasteiger partial charge in [0.15, 0.2) is 5.76 Å². The highest BCUT2D eigenvalue weighted by Crippen LogP contribution is 2.28. The molecule has 0 saturated carbocycles. The summed E-state index contributed by atoms with van der Waals surface area (Å²) >= 11 is 0. The van der Waals surface area contributed by atoms with Crippen LogP contribution in [0.3, 0.4) is 0 Å². The van der Waals surface area contributed by atoms with Crippen LogP contribution in [0, 0.1) is 6.92 Å². The number of hydrogen-bond acceptors (Lipinski definition) is 6. The second kappa shape index (κ2) is 7.15. The van der Waals surface area contributed by atoms with Crippen LogP contribution in [0.2, 0.25) is 0 Å². The standard InChI is InChI=1S/C20H25N5O/c1-14-18(24-16-8-6-15(7-9-16)20(2,3)4)22-12-23-19(14)25-11-17(26-5)10-21-13-25/h6-12H,13H2,1-5H3,(H,22,23,24). The minimum atomic E-state index is 0.136. The Morgan fingerprint density at radius 2 is 1.85 bits per heavy atom. The van der Waals surface area contributed by atoms with E-state index in [1.165, 1.54) is 5.56 Å². The average molecular weight is 351 g/mol. The predicted octanol–water partition coefficient (Wildman–Crippen LogP) is 4.16. The van der Waals surface area contributed by atoms with Gasteiger partial charge in [0.2, 0.25) is 0 Å². The van der Waals surface area contributed by atoms with Crippen LogP contribution >= 0.6 is 0 Å². The van der Waals surface area contributed by atoms with Crippen LogP contribution in [0.5, 0.6) is 0 Å². The summed E-state index contributed by atoms with van der Waals surface area (Å²) in [5.41, 5.74) is 3.38. The molecule has 1 aliphatic rings. The van der Waals surface area contributed by atoms with Gasteiger partial charge in [-0.25, -0.2) is 9.97 Å². The molecule has 0 bridgehead atoms. The van der Waals surface area contributed by atoms with E-state index >= 15 is 0 Å². The van der Waals surface area contributed by atoms with Gasteiger partial charge in [-0.3, -0.25) is 4.99 Å². The topological polar surface area (TPSA) is 62.6 Å². The van der Waals surface area contributed by atoms with Crippen molar-refractivity contribution < 1.29 is 4.74 Å². The lowest BCUT2D eigenvalue weighted by atomic mass is 9.87. The molecule has 0 spiro atoms. The average Bonchev–Trinajstić information content (AvgIpc) is 2.63. The number of allylic oxidation sites excluding steroid dienone is 1. The molecule has 1 aromatic carbocycles. The first-order valence-electron chi connectivity index (χ1n) is 8.60. The van der Waals surface area contributed by atoms with Crippen molar-refractivity contribution in [2.45, 2.75) is 33.1 Å². The smallest absolute Gasteiger partial charge is 0.152 e. The molecule has 0 radical (unpaired) electrons. The van der Waals surface area contributed by atoms with E-state index in [0.29, 0.717) is 12.4 Å². The first kappa shape index (κ1) is 17.9. The van der Waals surface area contributed by atoms with E-state index in [9.17, 15) is 0 Å². The second-order valence-electron chi connectivity index (χ2n) is 7.28. The number of hydrogen-bond donors (Lipinski definition) is 1. The molecule has 136 valence electrons. The van der Waals surface area contributed by atoms with E-state index in [0.717, 1.165) is 22.9 Å². The Hall–Kier alpha value is -2.89. The fourth-order valence-corrected chi connectivity index (χ4v) is 2.73. The van der Waals surface area contributed by atoms with Gasteiger partial charge in [-0.15, -0.1) is 0 Å². The molecule has 1 aromatic heterocycles. The highest BCUT2D eigenvalue weighted by molar-refractivity contribution is 5.79. The SMILES string of the molecule is COC1=CN(c2ncnc(Nc3ccc(C(C)(C)C)cc3)c2C)CN=C1. The van der Waals surface area contributed by atoms with E-state index in [4.69, 9.17) is 4.74 Å². The molecule has 2 aromatic rings. The highest BCUT2D eigenvalue weighted by Gasteiger charge is 2.16. The third-order valence-electron chi connectivity index (χ3n) is 4.31. The van der Waals surface area contributed by atoms with Crippen LogP contribution in [-0.4, -0.2) is 30.0 Å². The Labute approximate surface area is 154 Å². The number of methoxy groups -OCH3 is 1. The van der Waals surface area contributed by atoms with Gasteiger partial charge < -0.3 is 15.0 Å². The van der Waals surface area contributed by atoms with Crippen molar-refractivity contribution in [3.8, 4) is 0 Å². The molecular formula is C20H25N5O. The summed E-state index contributed by atoms with van der Waals surface area (Å²) in [7, 11) is 1.63.